The standard InChI is InChI=1S/C36H49Si.Na/c1-20(2)26-16-29(22(5)6)34-28-14-13-15-37(36(28)33(25(11)12)32(34)19-26)35-30(23(7)8)17-27(21(3)4)18-31(35)24(9)10;/h13-14,16-25,33H,1-12H3;/q-1;+1. The molecule has 0 saturated heterocycles. The summed E-state index contributed by atoms with van der Waals surface area (Å²) in [6.07, 6.45) is 0. The minimum Gasteiger partial charge on any atom is -0.159 e. The Morgan fingerprint density at radius 3 is 1.55 bits per heavy atom. The van der Waals surface area contributed by atoms with Crippen molar-refractivity contribution in [2.24, 2.45) is 5.92 Å². The van der Waals surface area contributed by atoms with Gasteiger partial charge in [-0.2, -0.15) is 5.68 Å². The van der Waals surface area contributed by atoms with Gasteiger partial charge in [-0.25, -0.2) is 0 Å². The van der Waals surface area contributed by atoms with E-state index in [1.807, 2.05) is 0 Å². The molecule has 0 bridgehead atoms. The zero-order valence-electron chi connectivity index (χ0n) is 26.5. The largest absolute Gasteiger partial charge is 1.00 e. The molecular weight excluding hydrogens is 483 g/mol. The predicted molar refractivity (Wildman–Crippen MR) is 165 cm³/mol. The monoisotopic (exact) mass is 532 g/mol. The maximum Gasteiger partial charge on any atom is 1.00 e. The molecular formula is C36H49NaSi. The van der Waals surface area contributed by atoms with E-state index in [9.17, 15) is 0 Å². The van der Waals surface area contributed by atoms with Crippen LogP contribution in [0.15, 0.2) is 36.4 Å². The molecule has 3 aromatic rings. The van der Waals surface area contributed by atoms with Gasteiger partial charge in [-0.15, -0.1) is 22.5 Å². The van der Waals surface area contributed by atoms with E-state index in [0.717, 1.165) is 0 Å². The molecule has 0 fully saturated rings. The Balaban J connectivity index is 0.00000400. The summed E-state index contributed by atoms with van der Waals surface area (Å²) in [5.74, 6) is 3.61. The summed E-state index contributed by atoms with van der Waals surface area (Å²) in [5, 5.41) is 3.33. The zero-order valence-corrected chi connectivity index (χ0v) is 29.5. The zero-order chi connectivity index (χ0) is 27.3. The summed E-state index contributed by atoms with van der Waals surface area (Å²) in [6, 6.07) is 14.8. The first-order chi connectivity index (χ1) is 17.3. The minimum atomic E-state index is -1.18. The van der Waals surface area contributed by atoms with E-state index in [1.54, 1.807) is 32.6 Å². The first kappa shape index (κ1) is 31.5. The first-order valence-electron chi connectivity index (χ1n) is 14.8. The Labute approximate surface area is 257 Å². The summed E-state index contributed by atoms with van der Waals surface area (Å²) in [7, 11) is -1.18. The van der Waals surface area contributed by atoms with Crippen LogP contribution in [0.1, 0.15) is 157 Å². The molecule has 1 aliphatic carbocycles. The Bertz CT molecular complexity index is 1260. The quantitative estimate of drug-likeness (QED) is 0.214. The third-order valence-electron chi connectivity index (χ3n) is 8.51. The number of rotatable bonds is 7. The fourth-order valence-corrected chi connectivity index (χ4v) is 9.80. The molecule has 2 heteroatoms. The van der Waals surface area contributed by atoms with Gasteiger partial charge in [0.25, 0.3) is 0 Å². The van der Waals surface area contributed by atoms with Crippen molar-refractivity contribution in [3.8, 4) is 16.3 Å². The van der Waals surface area contributed by atoms with Crippen LogP contribution in [-0.4, -0.2) is 8.40 Å². The van der Waals surface area contributed by atoms with Crippen LogP contribution in [0.5, 0.6) is 0 Å². The Hall–Kier alpha value is -0.993. The summed E-state index contributed by atoms with van der Waals surface area (Å²) in [4.78, 5) is 0. The Morgan fingerprint density at radius 2 is 1.11 bits per heavy atom. The third kappa shape index (κ3) is 5.60. The number of hydrogen-bond acceptors (Lipinski definition) is 0. The van der Waals surface area contributed by atoms with Crippen molar-refractivity contribution in [1.29, 1.82) is 0 Å². The van der Waals surface area contributed by atoms with Crippen molar-refractivity contribution in [3.05, 3.63) is 80.6 Å². The average Bonchev–Trinajstić information content (AvgIpc) is 3.17. The van der Waals surface area contributed by atoms with E-state index in [2.05, 4.69) is 125 Å². The summed E-state index contributed by atoms with van der Waals surface area (Å²) < 4.78 is 0. The van der Waals surface area contributed by atoms with Crippen LogP contribution in [0.3, 0.4) is 0 Å². The van der Waals surface area contributed by atoms with Crippen molar-refractivity contribution < 1.29 is 29.6 Å². The van der Waals surface area contributed by atoms with Gasteiger partial charge in [0.2, 0.25) is 0 Å². The smallest absolute Gasteiger partial charge is 0.159 e. The summed E-state index contributed by atoms with van der Waals surface area (Å²) >= 11 is 0. The van der Waals surface area contributed by atoms with Gasteiger partial charge in [-0.05, 0) is 69.2 Å². The number of fused-ring (bicyclic) bond motifs is 3. The van der Waals surface area contributed by atoms with E-state index in [1.165, 1.54) is 22.3 Å². The molecule has 38 heavy (non-hydrogen) atoms. The van der Waals surface area contributed by atoms with Gasteiger partial charge in [-0.3, -0.25) is 0 Å². The molecule has 1 unspecified atom stereocenters. The molecule has 0 radical (unpaired) electrons. The molecule has 1 atom stereocenters. The maximum atomic E-state index is 4.02. The number of benzene rings is 2. The van der Waals surface area contributed by atoms with Crippen LogP contribution in [0.25, 0.3) is 16.3 Å². The molecule has 0 nitrogen and oxygen atoms in total. The SMILES string of the molecule is CC(C)c1cc(C(C)C)c(-[si]2[c-]ccc3c2C(C(C)C)c2cc(C(C)C)cc(C(C)C)c2-3)c(C(C)C)c1.[Na+]. The minimum absolute atomic E-state index is 0. The molecule has 0 N–H and O–H groups in total. The topological polar surface area (TPSA) is 0 Å². The van der Waals surface area contributed by atoms with E-state index < -0.39 is 8.40 Å². The van der Waals surface area contributed by atoms with Crippen LogP contribution in [-0.2, 0) is 0 Å². The van der Waals surface area contributed by atoms with E-state index in [0.29, 0.717) is 41.4 Å². The van der Waals surface area contributed by atoms with Crippen LogP contribution in [0.4, 0.5) is 0 Å². The molecule has 4 rings (SSSR count). The first-order valence-corrected chi connectivity index (χ1v) is 16.3. The average molecular weight is 533 g/mol. The van der Waals surface area contributed by atoms with E-state index in [-0.39, 0.29) is 29.6 Å². The second-order valence-corrected chi connectivity index (χ2v) is 15.4. The molecule has 0 amide bonds. The van der Waals surface area contributed by atoms with Gasteiger partial charge < -0.3 is 0 Å². The third-order valence-corrected chi connectivity index (χ3v) is 11.2. The Kier molecular flexibility index (Phi) is 10.2. The molecule has 1 heterocycles. The van der Waals surface area contributed by atoms with Crippen LogP contribution in [0, 0.1) is 11.6 Å². The summed E-state index contributed by atoms with van der Waals surface area (Å²) in [5.41, 5.74) is 16.3. The second kappa shape index (κ2) is 12.3. The molecule has 2 aromatic carbocycles. The summed E-state index contributed by atoms with van der Waals surface area (Å²) in [6.45, 7) is 28.5. The van der Waals surface area contributed by atoms with Crippen molar-refractivity contribution in [3.63, 3.8) is 0 Å². The van der Waals surface area contributed by atoms with E-state index >= 15 is 0 Å². The van der Waals surface area contributed by atoms with Crippen molar-refractivity contribution >= 4 is 8.40 Å². The van der Waals surface area contributed by atoms with Gasteiger partial charge in [0.1, 0.15) is 0 Å². The second-order valence-electron chi connectivity index (χ2n) is 13.3. The van der Waals surface area contributed by atoms with Crippen LogP contribution in [0.2, 0.25) is 0 Å². The predicted octanol–water partition coefficient (Wildman–Crippen LogP) is 7.89. The van der Waals surface area contributed by atoms with Gasteiger partial charge in [0.15, 0.2) is 0 Å². The number of hydrogen-bond donors (Lipinski definition) is 0. The van der Waals surface area contributed by atoms with Gasteiger partial charge in [0, 0.05) is 0 Å². The maximum absolute atomic E-state index is 4.02. The normalized spacial score (nSPS) is 14.7. The van der Waals surface area contributed by atoms with Crippen molar-refractivity contribution in [1.82, 2.24) is 0 Å². The molecule has 1 aromatic heterocycles. The molecule has 198 valence electrons. The van der Waals surface area contributed by atoms with E-state index in [4.69, 9.17) is 0 Å². The molecule has 1 aliphatic rings. The van der Waals surface area contributed by atoms with Gasteiger partial charge >= 0.3 is 29.6 Å². The van der Waals surface area contributed by atoms with Crippen LogP contribution >= 0.6 is 0 Å². The fraction of sp³-hybridized carbons (Fsp3) is 0.528. The molecule has 0 saturated carbocycles. The molecule has 0 aliphatic heterocycles. The van der Waals surface area contributed by atoms with Gasteiger partial charge in [-0.1, -0.05) is 132 Å². The van der Waals surface area contributed by atoms with Crippen molar-refractivity contribution in [2.75, 3.05) is 0 Å². The van der Waals surface area contributed by atoms with Gasteiger partial charge in [0.05, 0.1) is 0 Å². The Morgan fingerprint density at radius 1 is 0.632 bits per heavy atom. The molecule has 0 spiro atoms. The fourth-order valence-electron chi connectivity index (χ4n) is 6.41. The van der Waals surface area contributed by atoms with Crippen molar-refractivity contribution in [2.45, 2.75) is 119 Å². The van der Waals surface area contributed by atoms with Crippen LogP contribution < -0.4 is 29.6 Å².